The highest BCUT2D eigenvalue weighted by Crippen LogP contribution is 2.26. The predicted octanol–water partition coefficient (Wildman–Crippen LogP) is 0.506. The van der Waals surface area contributed by atoms with Crippen LogP contribution in [0, 0.1) is 0 Å². The molecule has 1 saturated heterocycles. The van der Waals surface area contributed by atoms with Gasteiger partial charge in [-0.2, -0.15) is 0 Å². The fourth-order valence-corrected chi connectivity index (χ4v) is 3.10. The Bertz CT molecular complexity index is 535. The summed E-state index contributed by atoms with van der Waals surface area (Å²) in [5.41, 5.74) is 0.0875. The van der Waals surface area contributed by atoms with Crippen molar-refractivity contribution >= 4 is 5.96 Å². The topological polar surface area (TPSA) is 79.6 Å². The molecule has 0 bridgehead atoms. The van der Waals surface area contributed by atoms with Crippen LogP contribution in [0.5, 0.6) is 0 Å². The number of aromatic nitrogens is 3. The summed E-state index contributed by atoms with van der Waals surface area (Å²) in [6.45, 7) is 9.02. The Balaban J connectivity index is 1.93. The van der Waals surface area contributed by atoms with Crippen molar-refractivity contribution in [3.8, 4) is 0 Å². The zero-order chi connectivity index (χ0) is 18.1. The van der Waals surface area contributed by atoms with Gasteiger partial charge in [0, 0.05) is 44.8 Å². The van der Waals surface area contributed by atoms with Gasteiger partial charge in [-0.3, -0.25) is 4.99 Å². The van der Waals surface area contributed by atoms with Gasteiger partial charge in [0.2, 0.25) is 0 Å². The first-order valence-corrected chi connectivity index (χ1v) is 9.25. The zero-order valence-corrected chi connectivity index (χ0v) is 16.1. The lowest BCUT2D eigenvalue weighted by molar-refractivity contribution is -0.00254. The molecule has 0 saturated carbocycles. The lowest BCUT2D eigenvalue weighted by Crippen LogP contribution is -2.51. The van der Waals surface area contributed by atoms with Gasteiger partial charge in [0.05, 0.1) is 6.54 Å². The Morgan fingerprint density at radius 2 is 2.08 bits per heavy atom. The van der Waals surface area contributed by atoms with Gasteiger partial charge < -0.3 is 24.8 Å². The van der Waals surface area contributed by atoms with Crippen molar-refractivity contribution in [2.45, 2.75) is 45.2 Å². The maximum Gasteiger partial charge on any atom is 0.191 e. The van der Waals surface area contributed by atoms with Crippen LogP contribution < -0.4 is 10.6 Å². The van der Waals surface area contributed by atoms with E-state index in [1.165, 1.54) is 0 Å². The molecule has 1 aromatic heterocycles. The van der Waals surface area contributed by atoms with E-state index in [0.717, 1.165) is 70.4 Å². The molecule has 8 nitrogen and oxygen atoms in total. The third kappa shape index (κ3) is 5.40. The quantitative estimate of drug-likeness (QED) is 0.525. The normalized spacial score (nSPS) is 17.7. The van der Waals surface area contributed by atoms with Gasteiger partial charge in [-0.1, -0.05) is 6.92 Å². The molecule has 0 amide bonds. The van der Waals surface area contributed by atoms with E-state index in [-0.39, 0.29) is 5.54 Å². The van der Waals surface area contributed by atoms with Crippen LogP contribution >= 0.6 is 0 Å². The molecule has 2 heterocycles. The number of rotatable bonds is 8. The number of aryl methyl sites for hydroxylation is 1. The number of aliphatic imine (C=N–C) groups is 1. The van der Waals surface area contributed by atoms with Crippen LogP contribution in [0.25, 0.3) is 0 Å². The number of hydrogen-bond acceptors (Lipinski definition) is 5. The fourth-order valence-electron chi connectivity index (χ4n) is 3.10. The van der Waals surface area contributed by atoms with E-state index in [2.05, 4.69) is 58.2 Å². The molecule has 1 aromatic rings. The van der Waals surface area contributed by atoms with Gasteiger partial charge in [-0.25, -0.2) is 0 Å². The Morgan fingerprint density at radius 3 is 2.72 bits per heavy atom. The predicted molar refractivity (Wildman–Crippen MR) is 99.9 cm³/mol. The van der Waals surface area contributed by atoms with Crippen molar-refractivity contribution in [1.82, 2.24) is 30.3 Å². The lowest BCUT2D eigenvalue weighted by atomic mass is 9.89. The fraction of sp³-hybridized carbons (Fsp3) is 0.824. The third-order valence-corrected chi connectivity index (χ3v) is 4.91. The van der Waals surface area contributed by atoms with Gasteiger partial charge in [0.25, 0.3) is 0 Å². The second-order valence-corrected chi connectivity index (χ2v) is 6.65. The SMILES string of the molecule is CCNC(=NCC1(N(C)C)CCOCC1)NCCn1cnnc1CC. The van der Waals surface area contributed by atoms with Crippen LogP contribution in [0.2, 0.25) is 0 Å². The summed E-state index contributed by atoms with van der Waals surface area (Å²) in [5, 5.41) is 14.8. The molecule has 0 spiro atoms. The summed E-state index contributed by atoms with van der Waals surface area (Å²) in [5.74, 6) is 1.87. The molecule has 0 aliphatic carbocycles. The summed E-state index contributed by atoms with van der Waals surface area (Å²) in [7, 11) is 4.28. The third-order valence-electron chi connectivity index (χ3n) is 4.91. The Kier molecular flexibility index (Phi) is 7.64. The molecule has 1 fully saturated rings. The van der Waals surface area contributed by atoms with Crippen molar-refractivity contribution in [2.24, 2.45) is 4.99 Å². The minimum Gasteiger partial charge on any atom is -0.381 e. The average Bonchev–Trinajstić information content (AvgIpc) is 3.08. The molecule has 142 valence electrons. The molecule has 0 radical (unpaired) electrons. The standard InChI is InChI=1S/C17H33N7O/c1-5-15-22-21-14-24(15)10-9-19-16(18-6-2)20-13-17(23(3)4)7-11-25-12-8-17/h14H,5-13H2,1-4H3,(H2,18,19,20). The first-order chi connectivity index (χ1) is 12.1. The number of guanidine groups is 1. The first-order valence-electron chi connectivity index (χ1n) is 9.25. The van der Waals surface area contributed by atoms with Crippen molar-refractivity contribution in [3.63, 3.8) is 0 Å². The maximum atomic E-state index is 5.54. The van der Waals surface area contributed by atoms with Crippen LogP contribution in [-0.2, 0) is 17.7 Å². The summed E-state index contributed by atoms with van der Waals surface area (Å²) < 4.78 is 7.62. The zero-order valence-electron chi connectivity index (χ0n) is 16.1. The van der Waals surface area contributed by atoms with Crippen LogP contribution in [0.4, 0.5) is 0 Å². The van der Waals surface area contributed by atoms with Crippen molar-refractivity contribution < 1.29 is 4.74 Å². The molecule has 0 unspecified atom stereocenters. The lowest BCUT2D eigenvalue weighted by Gasteiger charge is -2.41. The van der Waals surface area contributed by atoms with Crippen LogP contribution in [0.1, 0.15) is 32.5 Å². The van der Waals surface area contributed by atoms with Crippen molar-refractivity contribution in [1.29, 1.82) is 0 Å². The van der Waals surface area contributed by atoms with Gasteiger partial charge in [0.15, 0.2) is 5.96 Å². The molecule has 0 aromatic carbocycles. The highest BCUT2D eigenvalue weighted by molar-refractivity contribution is 5.79. The highest BCUT2D eigenvalue weighted by Gasteiger charge is 2.34. The largest absolute Gasteiger partial charge is 0.381 e. The minimum atomic E-state index is 0.0875. The number of ether oxygens (including phenoxy) is 1. The summed E-state index contributed by atoms with van der Waals surface area (Å²) in [6, 6.07) is 0. The Hall–Kier alpha value is -1.67. The first kappa shape index (κ1) is 19.7. The van der Waals surface area contributed by atoms with E-state index in [4.69, 9.17) is 9.73 Å². The molecule has 25 heavy (non-hydrogen) atoms. The van der Waals surface area contributed by atoms with Crippen LogP contribution in [0.3, 0.4) is 0 Å². The number of nitrogens with one attached hydrogen (secondary N) is 2. The molecular weight excluding hydrogens is 318 g/mol. The van der Waals surface area contributed by atoms with E-state index in [1.54, 1.807) is 6.33 Å². The Morgan fingerprint density at radius 1 is 1.32 bits per heavy atom. The highest BCUT2D eigenvalue weighted by atomic mass is 16.5. The van der Waals surface area contributed by atoms with Crippen molar-refractivity contribution in [3.05, 3.63) is 12.2 Å². The van der Waals surface area contributed by atoms with Crippen LogP contribution in [0.15, 0.2) is 11.3 Å². The number of likely N-dealkylation sites (N-methyl/N-ethyl adjacent to an activating group) is 1. The van der Waals surface area contributed by atoms with Crippen LogP contribution in [-0.4, -0.2) is 78.1 Å². The van der Waals surface area contributed by atoms with Gasteiger partial charge in [-0.15, -0.1) is 10.2 Å². The molecule has 2 rings (SSSR count). The Labute approximate surface area is 151 Å². The van der Waals surface area contributed by atoms with E-state index < -0.39 is 0 Å². The monoisotopic (exact) mass is 351 g/mol. The summed E-state index contributed by atoms with van der Waals surface area (Å²) in [4.78, 5) is 7.15. The molecule has 1 aliphatic rings. The summed E-state index contributed by atoms with van der Waals surface area (Å²) in [6.07, 6.45) is 4.71. The molecule has 0 atom stereocenters. The van der Waals surface area contributed by atoms with Gasteiger partial charge in [0.1, 0.15) is 12.2 Å². The molecule has 8 heteroatoms. The smallest absolute Gasteiger partial charge is 0.191 e. The minimum absolute atomic E-state index is 0.0875. The second kappa shape index (κ2) is 9.72. The maximum absolute atomic E-state index is 5.54. The van der Waals surface area contributed by atoms with E-state index in [0.29, 0.717) is 0 Å². The second-order valence-electron chi connectivity index (χ2n) is 6.65. The van der Waals surface area contributed by atoms with E-state index >= 15 is 0 Å². The number of nitrogens with zero attached hydrogens (tertiary/aromatic N) is 5. The van der Waals surface area contributed by atoms with E-state index in [9.17, 15) is 0 Å². The molecule has 2 N–H and O–H groups in total. The number of hydrogen-bond donors (Lipinski definition) is 2. The average molecular weight is 351 g/mol. The van der Waals surface area contributed by atoms with Gasteiger partial charge >= 0.3 is 0 Å². The van der Waals surface area contributed by atoms with E-state index in [1.807, 2.05) is 0 Å². The molecule has 1 aliphatic heterocycles. The van der Waals surface area contributed by atoms with Gasteiger partial charge in [-0.05, 0) is 33.9 Å². The summed E-state index contributed by atoms with van der Waals surface area (Å²) >= 11 is 0. The van der Waals surface area contributed by atoms with Crippen molar-refractivity contribution in [2.75, 3.05) is 46.9 Å². The molecular formula is C17H33N7O.